The fourth-order valence-electron chi connectivity index (χ4n) is 6.57. The zero-order valence-corrected chi connectivity index (χ0v) is 28.6. The van der Waals surface area contributed by atoms with E-state index in [1.165, 1.54) is 14.2 Å². The first-order valence-corrected chi connectivity index (χ1v) is 15.9. The molecule has 12 atom stereocenters. The lowest BCUT2D eigenvalue weighted by Crippen LogP contribution is -2.59. The first-order chi connectivity index (χ1) is 20.5. The highest BCUT2D eigenvalue weighted by Gasteiger charge is 2.52. The van der Waals surface area contributed by atoms with E-state index in [0.29, 0.717) is 12.0 Å². The first-order valence-electron chi connectivity index (χ1n) is 15.9. The van der Waals surface area contributed by atoms with E-state index < -0.39 is 60.2 Å². The van der Waals surface area contributed by atoms with Crippen molar-refractivity contribution >= 4 is 5.97 Å². The maximum Gasteiger partial charge on any atom is 0.373 e. The van der Waals surface area contributed by atoms with Crippen LogP contribution < -0.4 is 0 Å². The molecule has 9 heteroatoms. The lowest BCUT2D eigenvalue weighted by molar-refractivity contribution is -0.329. The van der Waals surface area contributed by atoms with Gasteiger partial charge in [-0.1, -0.05) is 83.9 Å². The van der Waals surface area contributed by atoms with Crippen LogP contribution in [0.2, 0.25) is 0 Å². The number of allylic oxidation sites excluding steroid dienone is 5. The molecule has 0 saturated carbocycles. The molecule has 0 amide bonds. The van der Waals surface area contributed by atoms with Gasteiger partial charge in [0, 0.05) is 37.2 Å². The minimum absolute atomic E-state index is 0.00994. The second-order valence-electron chi connectivity index (χ2n) is 13.6. The number of hydrogen-bond donors (Lipinski definition) is 4. The summed E-state index contributed by atoms with van der Waals surface area (Å²) in [6.07, 6.45) is 4.65. The Hall–Kier alpha value is -2.01. The third-order valence-electron chi connectivity index (χ3n) is 9.49. The number of methoxy groups -OCH3 is 2. The van der Waals surface area contributed by atoms with E-state index in [4.69, 9.17) is 18.9 Å². The zero-order valence-electron chi connectivity index (χ0n) is 28.6. The summed E-state index contributed by atoms with van der Waals surface area (Å²) in [5.41, 5.74) is 1.77. The molecular weight excluding hydrogens is 564 g/mol. The van der Waals surface area contributed by atoms with Crippen LogP contribution in [0, 0.1) is 35.5 Å². The Morgan fingerprint density at radius 2 is 1.61 bits per heavy atom. The van der Waals surface area contributed by atoms with Crippen LogP contribution in [0.25, 0.3) is 0 Å². The number of aliphatic hydroxyl groups excluding tert-OH is 3. The Balaban J connectivity index is 2.63. The second-order valence-corrected chi connectivity index (χ2v) is 13.6. The van der Waals surface area contributed by atoms with Gasteiger partial charge in [-0.25, -0.2) is 4.79 Å². The number of carbonyl (C=O) groups is 1. The van der Waals surface area contributed by atoms with Gasteiger partial charge in [-0.2, -0.15) is 0 Å². The molecular formula is C35H58O9. The number of aliphatic hydroxyl groups is 4. The SMILES string of the molecule is CO/C1=C\C(C)=C\[C@@H](C)[C@@H](O)C(C)C/C(C)=C/C=C/[C@H](OC)[C@H](O)[C@@H](C)C([C@H](C)[C@@]2(O)C[C@@H](O)[C@H](C)[C@@H](C(C)C)O2)OC1=O. The van der Waals surface area contributed by atoms with Crippen LogP contribution in [0.4, 0.5) is 0 Å². The van der Waals surface area contributed by atoms with Crippen molar-refractivity contribution in [1.29, 1.82) is 0 Å². The summed E-state index contributed by atoms with van der Waals surface area (Å²) in [5.74, 6) is -4.71. The van der Waals surface area contributed by atoms with E-state index in [2.05, 4.69) is 0 Å². The van der Waals surface area contributed by atoms with Gasteiger partial charge in [-0.05, 0) is 38.2 Å². The molecule has 0 aromatic rings. The highest BCUT2D eigenvalue weighted by molar-refractivity contribution is 5.87. The zero-order chi connectivity index (χ0) is 33.5. The van der Waals surface area contributed by atoms with Crippen molar-refractivity contribution in [3.05, 3.63) is 47.3 Å². The molecule has 1 saturated heterocycles. The second kappa shape index (κ2) is 16.5. The number of cyclic esters (lactones) is 1. The molecule has 2 heterocycles. The minimum atomic E-state index is -1.84. The van der Waals surface area contributed by atoms with Crippen LogP contribution in [-0.2, 0) is 23.7 Å². The standard InChI is InChI=1S/C35H58O9/c1-19(2)32-24(7)27(36)18-35(40,44-32)26(9)33-25(8)31(38)28(41-10)14-12-13-20(3)15-22(5)30(37)23(6)16-21(4)17-29(42-11)34(39)43-33/h12-14,16-17,19,22-28,30-33,36-38,40H,15,18H2,1-11H3/b14-12+,20-13+,21-16+,29-17-/t22?,23-,24+,25-,26+,27-,28+,30+,31-,32-,33?,35-/m1/s1. The van der Waals surface area contributed by atoms with Crippen LogP contribution in [-0.4, -0.2) is 83.0 Å². The number of hydrogen-bond acceptors (Lipinski definition) is 9. The van der Waals surface area contributed by atoms with E-state index in [9.17, 15) is 25.2 Å². The van der Waals surface area contributed by atoms with Gasteiger partial charge in [-0.15, -0.1) is 0 Å². The first kappa shape index (κ1) is 38.2. The average Bonchev–Trinajstić information content (AvgIpc) is 2.96. The highest BCUT2D eigenvalue weighted by atomic mass is 16.6. The normalized spacial score (nSPS) is 43.6. The van der Waals surface area contributed by atoms with Crippen LogP contribution >= 0.6 is 0 Å². The van der Waals surface area contributed by atoms with Crippen molar-refractivity contribution < 1.29 is 44.2 Å². The summed E-state index contributed by atoms with van der Waals surface area (Å²) in [6, 6.07) is 0. The quantitative estimate of drug-likeness (QED) is 0.322. The molecule has 2 aliphatic heterocycles. The Morgan fingerprint density at radius 3 is 2.18 bits per heavy atom. The van der Waals surface area contributed by atoms with Crippen molar-refractivity contribution in [3.8, 4) is 0 Å². The smallest absolute Gasteiger partial charge is 0.373 e. The van der Waals surface area contributed by atoms with Crippen molar-refractivity contribution in [3.63, 3.8) is 0 Å². The van der Waals surface area contributed by atoms with Crippen molar-refractivity contribution in [2.75, 3.05) is 14.2 Å². The summed E-state index contributed by atoms with van der Waals surface area (Å²) in [7, 11) is 2.86. The monoisotopic (exact) mass is 622 g/mol. The van der Waals surface area contributed by atoms with Gasteiger partial charge in [0.05, 0.1) is 31.5 Å². The molecule has 1 fully saturated rings. The van der Waals surface area contributed by atoms with E-state index >= 15 is 0 Å². The van der Waals surface area contributed by atoms with Gasteiger partial charge in [0.2, 0.25) is 5.76 Å². The number of carbonyl (C=O) groups excluding carboxylic acids is 1. The molecule has 0 aliphatic carbocycles. The van der Waals surface area contributed by atoms with Gasteiger partial charge in [0.15, 0.2) is 5.79 Å². The van der Waals surface area contributed by atoms with Crippen LogP contribution in [0.5, 0.6) is 0 Å². The molecule has 0 bridgehead atoms. The molecule has 0 radical (unpaired) electrons. The summed E-state index contributed by atoms with van der Waals surface area (Å²) in [6.45, 7) is 17.0. The van der Waals surface area contributed by atoms with Crippen LogP contribution in [0.3, 0.4) is 0 Å². The van der Waals surface area contributed by atoms with E-state index in [0.717, 1.165) is 5.57 Å². The molecule has 4 N–H and O–H groups in total. The molecule has 0 spiro atoms. The third kappa shape index (κ3) is 9.50. The average molecular weight is 623 g/mol. The van der Waals surface area contributed by atoms with E-state index in [1.807, 2.05) is 66.7 Å². The van der Waals surface area contributed by atoms with E-state index in [1.54, 1.807) is 26.0 Å². The maximum absolute atomic E-state index is 13.6. The van der Waals surface area contributed by atoms with E-state index in [-0.39, 0.29) is 35.9 Å². The molecule has 2 unspecified atom stereocenters. The third-order valence-corrected chi connectivity index (χ3v) is 9.49. The lowest BCUT2D eigenvalue weighted by atomic mass is 9.76. The molecule has 2 aliphatic rings. The van der Waals surface area contributed by atoms with Gasteiger partial charge >= 0.3 is 5.97 Å². The van der Waals surface area contributed by atoms with Crippen molar-refractivity contribution in [2.45, 2.75) is 118 Å². The Morgan fingerprint density at radius 1 is 0.977 bits per heavy atom. The fraction of sp³-hybridized carbons (Fsp3) is 0.743. The number of esters is 1. The van der Waals surface area contributed by atoms with Crippen molar-refractivity contribution in [2.24, 2.45) is 35.5 Å². The van der Waals surface area contributed by atoms with Gasteiger partial charge in [-0.3, -0.25) is 0 Å². The summed E-state index contributed by atoms with van der Waals surface area (Å²) >= 11 is 0. The van der Waals surface area contributed by atoms with Gasteiger partial charge < -0.3 is 39.4 Å². The molecule has 9 nitrogen and oxygen atoms in total. The van der Waals surface area contributed by atoms with Crippen molar-refractivity contribution in [1.82, 2.24) is 0 Å². The maximum atomic E-state index is 13.6. The topological polar surface area (TPSA) is 135 Å². The summed E-state index contributed by atoms with van der Waals surface area (Å²) in [4.78, 5) is 13.6. The Kier molecular flexibility index (Phi) is 14.3. The van der Waals surface area contributed by atoms with Gasteiger partial charge in [0.25, 0.3) is 0 Å². The molecule has 252 valence electrons. The highest BCUT2D eigenvalue weighted by Crippen LogP contribution is 2.42. The van der Waals surface area contributed by atoms with Crippen LogP contribution in [0.1, 0.15) is 75.2 Å². The molecule has 44 heavy (non-hydrogen) atoms. The molecule has 0 aromatic heterocycles. The fourth-order valence-corrected chi connectivity index (χ4v) is 6.57. The Bertz CT molecular complexity index is 1060. The van der Waals surface area contributed by atoms with Gasteiger partial charge in [0.1, 0.15) is 12.2 Å². The largest absolute Gasteiger partial charge is 0.490 e. The predicted molar refractivity (Wildman–Crippen MR) is 170 cm³/mol. The predicted octanol–water partition coefficient (Wildman–Crippen LogP) is 4.69. The molecule has 0 aromatic carbocycles. The van der Waals surface area contributed by atoms with Crippen LogP contribution in [0.15, 0.2) is 47.3 Å². The number of ether oxygens (including phenoxy) is 4. The Labute approximate surface area is 264 Å². The molecule has 2 rings (SSSR count). The minimum Gasteiger partial charge on any atom is -0.490 e. The summed E-state index contributed by atoms with van der Waals surface area (Å²) in [5, 5.41) is 45.4. The lowest BCUT2D eigenvalue weighted by Gasteiger charge is -2.49. The summed E-state index contributed by atoms with van der Waals surface area (Å²) < 4.78 is 23.4. The number of rotatable bonds is 5.